The zero-order chi connectivity index (χ0) is 16.2. The number of rotatable bonds is 5. The predicted molar refractivity (Wildman–Crippen MR) is 89.7 cm³/mol. The third kappa shape index (κ3) is 3.54. The van der Waals surface area contributed by atoms with Crippen molar-refractivity contribution in [2.75, 3.05) is 0 Å². The number of aromatic nitrogens is 2. The molecule has 23 heavy (non-hydrogen) atoms. The van der Waals surface area contributed by atoms with Gasteiger partial charge in [-0.1, -0.05) is 19.4 Å². The standard InChI is InChI=1S/C19H18N2O2/c1-2-3-14-9-16-8-13(4-5-18(16)21-12-14)10-17-11-15(19(22)23)6-7-20-17/h4-9,11-12H,2-3,10H2,1H3,(H,22,23). The SMILES string of the molecule is CCCc1cnc2ccc(Cc3cc(C(=O)O)ccn3)cc2c1. The van der Waals surface area contributed by atoms with Crippen LogP contribution in [0.3, 0.4) is 0 Å². The summed E-state index contributed by atoms with van der Waals surface area (Å²) in [6, 6.07) is 11.4. The molecule has 0 atom stereocenters. The van der Waals surface area contributed by atoms with Crippen LogP contribution in [0.15, 0.2) is 48.8 Å². The molecule has 116 valence electrons. The van der Waals surface area contributed by atoms with Crippen molar-refractivity contribution in [2.24, 2.45) is 0 Å². The molecule has 0 saturated carbocycles. The van der Waals surface area contributed by atoms with Crippen LogP contribution in [0.25, 0.3) is 10.9 Å². The minimum absolute atomic E-state index is 0.266. The summed E-state index contributed by atoms with van der Waals surface area (Å²) in [4.78, 5) is 19.8. The Hall–Kier alpha value is -2.75. The van der Waals surface area contributed by atoms with Crippen LogP contribution in [-0.2, 0) is 12.8 Å². The molecule has 2 aromatic heterocycles. The summed E-state index contributed by atoms with van der Waals surface area (Å²) in [6.07, 6.45) is 6.20. The molecular weight excluding hydrogens is 288 g/mol. The Morgan fingerprint density at radius 2 is 1.91 bits per heavy atom. The van der Waals surface area contributed by atoms with E-state index in [1.807, 2.05) is 18.3 Å². The molecule has 0 amide bonds. The maximum absolute atomic E-state index is 11.0. The van der Waals surface area contributed by atoms with Crippen LogP contribution in [0.5, 0.6) is 0 Å². The minimum Gasteiger partial charge on any atom is -0.478 e. The van der Waals surface area contributed by atoms with Crippen molar-refractivity contribution in [3.05, 3.63) is 71.2 Å². The summed E-state index contributed by atoms with van der Waals surface area (Å²) in [7, 11) is 0. The van der Waals surface area contributed by atoms with Crippen molar-refractivity contribution in [3.8, 4) is 0 Å². The Labute approximate surface area is 134 Å². The molecule has 1 aromatic carbocycles. The highest BCUT2D eigenvalue weighted by molar-refractivity contribution is 5.87. The Bertz CT molecular complexity index is 859. The highest BCUT2D eigenvalue weighted by Gasteiger charge is 2.06. The first-order valence-electron chi connectivity index (χ1n) is 7.71. The molecule has 0 aliphatic heterocycles. The van der Waals surface area contributed by atoms with E-state index in [0.717, 1.165) is 35.0 Å². The van der Waals surface area contributed by atoms with Crippen LogP contribution in [0.4, 0.5) is 0 Å². The first kappa shape index (κ1) is 15.2. The lowest BCUT2D eigenvalue weighted by Gasteiger charge is -2.06. The van der Waals surface area contributed by atoms with Crippen molar-refractivity contribution in [1.29, 1.82) is 0 Å². The molecule has 0 aliphatic rings. The Morgan fingerprint density at radius 1 is 1.09 bits per heavy atom. The molecule has 0 bridgehead atoms. The lowest BCUT2D eigenvalue weighted by Crippen LogP contribution is -2.00. The number of aryl methyl sites for hydroxylation is 1. The van der Waals surface area contributed by atoms with E-state index < -0.39 is 5.97 Å². The van der Waals surface area contributed by atoms with E-state index in [1.165, 1.54) is 11.6 Å². The minimum atomic E-state index is -0.930. The summed E-state index contributed by atoms with van der Waals surface area (Å²) < 4.78 is 0. The molecule has 0 radical (unpaired) electrons. The smallest absolute Gasteiger partial charge is 0.335 e. The van der Waals surface area contributed by atoms with Gasteiger partial charge in [-0.15, -0.1) is 0 Å². The van der Waals surface area contributed by atoms with Gasteiger partial charge in [0.05, 0.1) is 11.1 Å². The van der Waals surface area contributed by atoms with Crippen molar-refractivity contribution < 1.29 is 9.90 Å². The third-order valence-corrected chi connectivity index (χ3v) is 3.79. The Balaban J connectivity index is 1.90. The number of hydrogen-bond acceptors (Lipinski definition) is 3. The zero-order valence-corrected chi connectivity index (χ0v) is 13.0. The highest BCUT2D eigenvalue weighted by Crippen LogP contribution is 2.18. The average Bonchev–Trinajstić information content (AvgIpc) is 2.55. The zero-order valence-electron chi connectivity index (χ0n) is 13.0. The number of benzene rings is 1. The van der Waals surface area contributed by atoms with Crippen LogP contribution in [0, 0.1) is 0 Å². The number of carbonyl (C=O) groups is 1. The Kier molecular flexibility index (Phi) is 4.33. The fraction of sp³-hybridized carbons (Fsp3) is 0.211. The van der Waals surface area contributed by atoms with E-state index >= 15 is 0 Å². The van der Waals surface area contributed by atoms with Crippen LogP contribution in [0.2, 0.25) is 0 Å². The molecule has 3 rings (SSSR count). The molecule has 1 N–H and O–H groups in total. The number of carboxylic acids is 1. The molecule has 0 aliphatic carbocycles. The van der Waals surface area contributed by atoms with Gasteiger partial charge in [0.1, 0.15) is 0 Å². The number of aromatic carboxylic acids is 1. The van der Waals surface area contributed by atoms with Crippen LogP contribution < -0.4 is 0 Å². The molecule has 0 fully saturated rings. The van der Waals surface area contributed by atoms with Gasteiger partial charge < -0.3 is 5.11 Å². The summed E-state index contributed by atoms with van der Waals surface area (Å²) >= 11 is 0. The van der Waals surface area contributed by atoms with E-state index in [2.05, 4.69) is 29.0 Å². The third-order valence-electron chi connectivity index (χ3n) is 3.79. The second-order valence-electron chi connectivity index (χ2n) is 5.64. The summed E-state index contributed by atoms with van der Waals surface area (Å²) in [5, 5.41) is 10.2. The van der Waals surface area contributed by atoms with Crippen LogP contribution in [-0.4, -0.2) is 21.0 Å². The fourth-order valence-electron chi connectivity index (χ4n) is 2.68. The second kappa shape index (κ2) is 6.57. The van der Waals surface area contributed by atoms with Gasteiger partial charge in [-0.3, -0.25) is 9.97 Å². The van der Waals surface area contributed by atoms with Crippen molar-refractivity contribution in [3.63, 3.8) is 0 Å². The second-order valence-corrected chi connectivity index (χ2v) is 5.64. The summed E-state index contributed by atoms with van der Waals surface area (Å²) in [5.74, 6) is -0.930. The first-order valence-corrected chi connectivity index (χ1v) is 7.71. The maximum atomic E-state index is 11.0. The van der Waals surface area contributed by atoms with Gasteiger partial charge in [0, 0.05) is 29.9 Å². The fourth-order valence-corrected chi connectivity index (χ4v) is 2.68. The number of carboxylic acid groups (broad SMARTS) is 1. The number of fused-ring (bicyclic) bond motifs is 1. The van der Waals surface area contributed by atoms with Crippen molar-refractivity contribution in [2.45, 2.75) is 26.2 Å². The highest BCUT2D eigenvalue weighted by atomic mass is 16.4. The number of nitrogens with zero attached hydrogens (tertiary/aromatic N) is 2. The largest absolute Gasteiger partial charge is 0.478 e. The van der Waals surface area contributed by atoms with E-state index in [9.17, 15) is 4.79 Å². The molecular formula is C19H18N2O2. The van der Waals surface area contributed by atoms with Gasteiger partial charge in [-0.2, -0.15) is 0 Å². The lowest BCUT2D eigenvalue weighted by atomic mass is 10.0. The molecule has 2 heterocycles. The van der Waals surface area contributed by atoms with Gasteiger partial charge in [0.15, 0.2) is 0 Å². The van der Waals surface area contributed by atoms with Crippen LogP contribution in [0.1, 0.15) is 40.5 Å². The van der Waals surface area contributed by atoms with E-state index in [0.29, 0.717) is 6.42 Å². The van der Waals surface area contributed by atoms with Crippen molar-refractivity contribution in [1.82, 2.24) is 9.97 Å². The van der Waals surface area contributed by atoms with Gasteiger partial charge in [-0.05, 0) is 47.9 Å². The predicted octanol–water partition coefficient (Wildman–Crippen LogP) is 3.87. The first-order chi connectivity index (χ1) is 11.2. The quantitative estimate of drug-likeness (QED) is 0.777. The molecule has 4 nitrogen and oxygen atoms in total. The number of hydrogen-bond donors (Lipinski definition) is 1. The van der Waals surface area contributed by atoms with Gasteiger partial charge in [0.25, 0.3) is 0 Å². The van der Waals surface area contributed by atoms with Gasteiger partial charge >= 0.3 is 5.97 Å². The number of pyridine rings is 2. The summed E-state index contributed by atoms with van der Waals surface area (Å²) in [6.45, 7) is 2.15. The lowest BCUT2D eigenvalue weighted by molar-refractivity contribution is 0.0696. The normalized spacial score (nSPS) is 10.8. The summed E-state index contributed by atoms with van der Waals surface area (Å²) in [5.41, 5.74) is 4.33. The van der Waals surface area contributed by atoms with Gasteiger partial charge in [-0.25, -0.2) is 4.79 Å². The maximum Gasteiger partial charge on any atom is 0.335 e. The monoisotopic (exact) mass is 306 g/mol. The Morgan fingerprint density at radius 3 is 2.70 bits per heavy atom. The topological polar surface area (TPSA) is 63.1 Å². The van der Waals surface area contributed by atoms with Gasteiger partial charge in [0.2, 0.25) is 0 Å². The van der Waals surface area contributed by atoms with E-state index in [4.69, 9.17) is 5.11 Å². The molecule has 3 aromatic rings. The molecule has 0 spiro atoms. The van der Waals surface area contributed by atoms with E-state index in [-0.39, 0.29) is 5.56 Å². The molecule has 4 heteroatoms. The van der Waals surface area contributed by atoms with Crippen molar-refractivity contribution >= 4 is 16.9 Å². The van der Waals surface area contributed by atoms with Crippen LogP contribution >= 0.6 is 0 Å². The molecule has 0 unspecified atom stereocenters. The average molecular weight is 306 g/mol. The molecule has 0 saturated heterocycles. The van der Waals surface area contributed by atoms with E-state index in [1.54, 1.807) is 12.3 Å².